The summed E-state index contributed by atoms with van der Waals surface area (Å²) in [6, 6.07) is 7.26. The lowest BCUT2D eigenvalue weighted by molar-refractivity contribution is -0.122. The van der Waals surface area contributed by atoms with Gasteiger partial charge in [-0.2, -0.15) is 0 Å². The predicted octanol–water partition coefficient (Wildman–Crippen LogP) is 2.26. The third-order valence-corrected chi connectivity index (χ3v) is 4.86. The molecule has 1 aliphatic heterocycles. The summed E-state index contributed by atoms with van der Waals surface area (Å²) in [6.45, 7) is 1.61. The Labute approximate surface area is 137 Å². The maximum absolute atomic E-state index is 12.4. The Bertz CT molecular complexity index is 885. The van der Waals surface area contributed by atoms with E-state index in [-0.39, 0.29) is 21.6 Å². The molecule has 2 heterocycles. The molecule has 0 saturated heterocycles. The Kier molecular flexibility index (Phi) is 3.87. The number of fused-ring (bicyclic) bond motifs is 1. The first-order valence-electron chi connectivity index (χ1n) is 6.62. The van der Waals surface area contributed by atoms with Gasteiger partial charge in [-0.05, 0) is 37.3 Å². The van der Waals surface area contributed by atoms with E-state index in [1.807, 2.05) is 0 Å². The molecule has 7 nitrogen and oxygen atoms in total. The third-order valence-electron chi connectivity index (χ3n) is 3.20. The monoisotopic (exact) mass is 353 g/mol. The fourth-order valence-electron chi connectivity index (χ4n) is 2.02. The van der Waals surface area contributed by atoms with Crippen LogP contribution in [0.4, 0.5) is 11.4 Å². The molecule has 23 heavy (non-hydrogen) atoms. The number of sulfonamides is 1. The molecule has 2 aromatic rings. The van der Waals surface area contributed by atoms with Gasteiger partial charge in [0.1, 0.15) is 5.75 Å². The summed E-state index contributed by atoms with van der Waals surface area (Å²) in [5.74, 6) is 0.0748. The molecular formula is C14H12ClN3O4S. The Balaban J connectivity index is 1.94. The van der Waals surface area contributed by atoms with Crippen LogP contribution < -0.4 is 14.8 Å². The smallest absolute Gasteiger partial charge is 0.265 e. The van der Waals surface area contributed by atoms with Crippen molar-refractivity contribution >= 4 is 38.9 Å². The van der Waals surface area contributed by atoms with Crippen molar-refractivity contribution in [2.24, 2.45) is 0 Å². The number of halogens is 1. The molecule has 0 bridgehead atoms. The topological polar surface area (TPSA) is 97.4 Å². The number of nitrogens with zero attached hydrogens (tertiary/aromatic N) is 1. The number of rotatable bonds is 3. The fraction of sp³-hybridized carbons (Fsp3) is 0.143. The zero-order chi connectivity index (χ0) is 16.6. The number of carbonyl (C=O) groups excluding carboxylic acids is 1. The summed E-state index contributed by atoms with van der Waals surface area (Å²) in [4.78, 5) is 15.4. The summed E-state index contributed by atoms with van der Waals surface area (Å²) in [7, 11) is -3.88. The summed E-state index contributed by atoms with van der Waals surface area (Å²) >= 11 is 5.85. The van der Waals surface area contributed by atoms with E-state index in [1.54, 1.807) is 13.0 Å². The van der Waals surface area contributed by atoms with Crippen molar-refractivity contribution in [3.8, 4) is 5.75 Å². The predicted molar refractivity (Wildman–Crippen MR) is 85.2 cm³/mol. The van der Waals surface area contributed by atoms with Crippen molar-refractivity contribution in [1.29, 1.82) is 0 Å². The van der Waals surface area contributed by atoms with Crippen LogP contribution >= 0.6 is 11.6 Å². The van der Waals surface area contributed by atoms with Crippen LogP contribution in [0.25, 0.3) is 0 Å². The first kappa shape index (κ1) is 15.6. The molecule has 1 atom stereocenters. The number of benzene rings is 1. The van der Waals surface area contributed by atoms with E-state index >= 15 is 0 Å². The van der Waals surface area contributed by atoms with Gasteiger partial charge in [-0.3, -0.25) is 9.52 Å². The average molecular weight is 354 g/mol. The van der Waals surface area contributed by atoms with Crippen LogP contribution in [0.15, 0.2) is 41.4 Å². The van der Waals surface area contributed by atoms with E-state index < -0.39 is 16.1 Å². The van der Waals surface area contributed by atoms with Gasteiger partial charge in [0.25, 0.3) is 15.9 Å². The normalized spacial score (nSPS) is 17.0. The highest BCUT2D eigenvalue weighted by Gasteiger charge is 2.25. The van der Waals surface area contributed by atoms with Gasteiger partial charge in [0.2, 0.25) is 0 Å². The highest BCUT2D eigenvalue weighted by molar-refractivity contribution is 7.92. The number of hydrogen-bond donors (Lipinski definition) is 2. The Morgan fingerprint density at radius 2 is 2.13 bits per heavy atom. The largest absolute Gasteiger partial charge is 0.479 e. The first-order valence-corrected chi connectivity index (χ1v) is 8.48. The van der Waals surface area contributed by atoms with Crippen LogP contribution in [0.3, 0.4) is 0 Å². The molecule has 2 N–H and O–H groups in total. The first-order chi connectivity index (χ1) is 10.9. The zero-order valence-corrected chi connectivity index (χ0v) is 13.5. The van der Waals surface area contributed by atoms with E-state index in [1.165, 1.54) is 30.5 Å². The van der Waals surface area contributed by atoms with E-state index in [0.29, 0.717) is 11.4 Å². The lowest BCUT2D eigenvalue weighted by Crippen LogP contribution is -2.34. The van der Waals surface area contributed by atoms with E-state index in [0.717, 1.165) is 0 Å². The molecule has 3 rings (SSSR count). The average Bonchev–Trinajstić information content (AvgIpc) is 2.50. The quantitative estimate of drug-likeness (QED) is 0.825. The number of pyridine rings is 1. The number of ether oxygens (including phenoxy) is 1. The molecule has 1 aromatic heterocycles. The van der Waals surface area contributed by atoms with E-state index in [9.17, 15) is 13.2 Å². The van der Waals surface area contributed by atoms with Crippen molar-refractivity contribution in [1.82, 2.24) is 4.98 Å². The molecule has 0 aliphatic carbocycles. The van der Waals surface area contributed by atoms with Crippen LogP contribution in [0.5, 0.6) is 5.75 Å². The van der Waals surface area contributed by atoms with Crippen LogP contribution in [-0.4, -0.2) is 25.4 Å². The van der Waals surface area contributed by atoms with Crippen LogP contribution in [0.2, 0.25) is 5.15 Å². The minimum Gasteiger partial charge on any atom is -0.479 e. The number of amides is 1. The van der Waals surface area contributed by atoms with Crippen molar-refractivity contribution in [3.05, 3.63) is 41.7 Å². The van der Waals surface area contributed by atoms with Gasteiger partial charge >= 0.3 is 0 Å². The van der Waals surface area contributed by atoms with Crippen molar-refractivity contribution < 1.29 is 17.9 Å². The Morgan fingerprint density at radius 3 is 2.87 bits per heavy atom. The van der Waals surface area contributed by atoms with Crippen molar-refractivity contribution in [3.63, 3.8) is 0 Å². The summed E-state index contributed by atoms with van der Waals surface area (Å²) in [6.07, 6.45) is 0.824. The van der Waals surface area contributed by atoms with Gasteiger partial charge in [0.15, 0.2) is 11.3 Å². The molecule has 0 saturated carbocycles. The number of aromatic nitrogens is 1. The van der Waals surface area contributed by atoms with Gasteiger partial charge < -0.3 is 10.1 Å². The highest BCUT2D eigenvalue weighted by Crippen LogP contribution is 2.32. The SMILES string of the molecule is CC1Oc2ccc(S(=O)(=O)Nc3cccnc3Cl)cc2NC1=O. The maximum Gasteiger partial charge on any atom is 0.265 e. The Hall–Kier alpha value is -2.32. The van der Waals surface area contributed by atoms with Gasteiger partial charge in [0.05, 0.1) is 16.3 Å². The number of nitrogens with one attached hydrogen (secondary N) is 2. The second-order valence-electron chi connectivity index (χ2n) is 4.85. The summed E-state index contributed by atoms with van der Waals surface area (Å²) in [5, 5.41) is 2.64. The Morgan fingerprint density at radius 1 is 1.35 bits per heavy atom. The minimum absolute atomic E-state index is 0.0328. The highest BCUT2D eigenvalue weighted by atomic mass is 35.5. The number of carbonyl (C=O) groups is 1. The lowest BCUT2D eigenvalue weighted by Gasteiger charge is -2.23. The van der Waals surface area contributed by atoms with Crippen molar-refractivity contribution in [2.75, 3.05) is 10.0 Å². The summed E-state index contributed by atoms with van der Waals surface area (Å²) in [5.41, 5.74) is 0.467. The van der Waals surface area contributed by atoms with Crippen molar-refractivity contribution in [2.45, 2.75) is 17.9 Å². The zero-order valence-electron chi connectivity index (χ0n) is 11.9. The van der Waals surface area contributed by atoms with Crippen LogP contribution in [0, 0.1) is 0 Å². The number of anilines is 2. The van der Waals surface area contributed by atoms with E-state index in [2.05, 4.69) is 15.0 Å². The molecule has 0 radical (unpaired) electrons. The number of hydrogen-bond acceptors (Lipinski definition) is 5. The molecule has 1 aliphatic rings. The van der Waals surface area contributed by atoms with Gasteiger partial charge in [-0.15, -0.1) is 0 Å². The third kappa shape index (κ3) is 3.08. The molecule has 0 spiro atoms. The van der Waals surface area contributed by atoms with Gasteiger partial charge in [0, 0.05) is 6.20 Å². The molecule has 1 amide bonds. The lowest BCUT2D eigenvalue weighted by atomic mass is 10.2. The minimum atomic E-state index is -3.88. The summed E-state index contributed by atoms with van der Waals surface area (Å²) < 4.78 is 32.6. The molecule has 1 unspecified atom stereocenters. The van der Waals surface area contributed by atoms with Gasteiger partial charge in [-0.1, -0.05) is 11.6 Å². The molecule has 120 valence electrons. The van der Waals surface area contributed by atoms with Crippen LogP contribution in [-0.2, 0) is 14.8 Å². The standard InChI is InChI=1S/C14H12ClN3O4S/c1-8-14(19)17-11-7-9(4-5-12(11)22-8)23(20,21)18-10-3-2-6-16-13(10)15/h2-8,18H,1H3,(H,17,19). The second-order valence-corrected chi connectivity index (χ2v) is 6.89. The fourth-order valence-corrected chi connectivity index (χ4v) is 3.34. The van der Waals surface area contributed by atoms with E-state index in [4.69, 9.17) is 16.3 Å². The van der Waals surface area contributed by atoms with Crippen LogP contribution in [0.1, 0.15) is 6.92 Å². The molecular weight excluding hydrogens is 342 g/mol. The second kappa shape index (κ2) is 5.71. The molecule has 9 heteroatoms. The maximum atomic E-state index is 12.4. The molecule has 1 aromatic carbocycles. The molecule has 0 fully saturated rings. The van der Waals surface area contributed by atoms with Gasteiger partial charge in [-0.25, -0.2) is 13.4 Å².